The van der Waals surface area contributed by atoms with Gasteiger partial charge < -0.3 is 10.0 Å². The summed E-state index contributed by atoms with van der Waals surface area (Å²) in [7, 11) is 0. The maximum atomic E-state index is 12.4. The second-order valence-electron chi connectivity index (χ2n) is 5.95. The number of carboxylic acids is 1. The zero-order valence-corrected chi connectivity index (χ0v) is 14.4. The van der Waals surface area contributed by atoms with Crippen LogP contribution in [0.2, 0.25) is 0 Å². The maximum Gasteiger partial charge on any atom is 0.326 e. The van der Waals surface area contributed by atoms with Crippen molar-refractivity contribution < 1.29 is 14.7 Å². The third-order valence-corrected chi connectivity index (χ3v) is 5.29. The molecule has 6 heteroatoms. The van der Waals surface area contributed by atoms with Gasteiger partial charge in [0.05, 0.1) is 12.1 Å². The number of nitrogens with zero attached hydrogens (tertiary/aromatic N) is 2. The van der Waals surface area contributed by atoms with E-state index < -0.39 is 12.0 Å². The summed E-state index contributed by atoms with van der Waals surface area (Å²) >= 11 is 1.51. The van der Waals surface area contributed by atoms with Gasteiger partial charge in [-0.05, 0) is 24.8 Å². The minimum absolute atomic E-state index is 0.155. The predicted molar refractivity (Wildman–Crippen MR) is 93.0 cm³/mol. The van der Waals surface area contributed by atoms with E-state index in [1.807, 2.05) is 17.5 Å². The first-order valence-electron chi connectivity index (χ1n) is 8.14. The van der Waals surface area contributed by atoms with Crippen LogP contribution in [0.5, 0.6) is 0 Å². The van der Waals surface area contributed by atoms with Crippen LogP contribution in [-0.2, 0) is 22.4 Å². The average Bonchev–Trinajstić information content (AvgIpc) is 3.24. The molecule has 24 heavy (non-hydrogen) atoms. The Morgan fingerprint density at radius 3 is 2.75 bits per heavy atom. The molecule has 2 aromatic rings. The molecular formula is C18H20N2O3S. The first kappa shape index (κ1) is 16.6. The Balaban J connectivity index is 1.69. The maximum absolute atomic E-state index is 12.4. The average molecular weight is 344 g/mol. The number of aryl methyl sites for hydroxylation is 1. The lowest BCUT2D eigenvalue weighted by molar-refractivity contribution is -0.148. The molecule has 1 fully saturated rings. The SMILES string of the molecule is CCc1ccc(-c2nc(CC(=O)N3CCC[C@H]3C(=O)O)cs2)cc1. The van der Waals surface area contributed by atoms with Crippen molar-refractivity contribution >= 4 is 23.2 Å². The number of thiazole rings is 1. The summed E-state index contributed by atoms with van der Waals surface area (Å²) in [5.74, 6) is -1.08. The number of aromatic nitrogens is 1. The number of carbonyl (C=O) groups is 2. The number of hydrogen-bond donors (Lipinski definition) is 1. The first-order chi connectivity index (χ1) is 11.6. The third-order valence-electron chi connectivity index (χ3n) is 4.35. The summed E-state index contributed by atoms with van der Waals surface area (Å²) in [6.07, 6.45) is 2.44. The Bertz CT molecular complexity index is 739. The smallest absolute Gasteiger partial charge is 0.326 e. The molecule has 1 atom stereocenters. The zero-order valence-electron chi connectivity index (χ0n) is 13.6. The fourth-order valence-electron chi connectivity index (χ4n) is 2.98. The van der Waals surface area contributed by atoms with Crippen LogP contribution in [0, 0.1) is 0 Å². The van der Waals surface area contributed by atoms with E-state index in [9.17, 15) is 14.7 Å². The number of carboxylic acid groups (broad SMARTS) is 1. The summed E-state index contributed by atoms with van der Waals surface area (Å²) < 4.78 is 0. The molecule has 3 rings (SSSR count). The lowest BCUT2D eigenvalue weighted by Crippen LogP contribution is -2.41. The minimum Gasteiger partial charge on any atom is -0.480 e. The van der Waals surface area contributed by atoms with E-state index in [0.717, 1.165) is 23.4 Å². The van der Waals surface area contributed by atoms with E-state index in [0.29, 0.717) is 18.7 Å². The third kappa shape index (κ3) is 3.48. The number of amides is 1. The predicted octanol–water partition coefficient (Wildman–Crippen LogP) is 2.99. The van der Waals surface area contributed by atoms with E-state index in [4.69, 9.17) is 0 Å². The Hall–Kier alpha value is -2.21. The van der Waals surface area contributed by atoms with Crippen molar-refractivity contribution in [1.29, 1.82) is 0 Å². The highest BCUT2D eigenvalue weighted by molar-refractivity contribution is 7.13. The highest BCUT2D eigenvalue weighted by atomic mass is 32.1. The van der Waals surface area contributed by atoms with Crippen LogP contribution < -0.4 is 0 Å². The monoisotopic (exact) mass is 344 g/mol. The van der Waals surface area contributed by atoms with Crippen molar-refractivity contribution in [2.45, 2.75) is 38.6 Å². The zero-order chi connectivity index (χ0) is 17.1. The van der Waals surface area contributed by atoms with Gasteiger partial charge >= 0.3 is 5.97 Å². The number of rotatable bonds is 5. The van der Waals surface area contributed by atoms with Crippen LogP contribution in [0.3, 0.4) is 0 Å². The van der Waals surface area contributed by atoms with Gasteiger partial charge in [0.1, 0.15) is 11.0 Å². The molecule has 1 aromatic carbocycles. The van der Waals surface area contributed by atoms with Crippen molar-refractivity contribution in [3.8, 4) is 10.6 Å². The first-order valence-corrected chi connectivity index (χ1v) is 9.02. The number of likely N-dealkylation sites (tertiary alicyclic amines) is 1. The molecule has 1 aliphatic heterocycles. The van der Waals surface area contributed by atoms with E-state index >= 15 is 0 Å². The summed E-state index contributed by atoms with van der Waals surface area (Å²) in [6, 6.07) is 7.58. The van der Waals surface area contributed by atoms with Crippen LogP contribution in [-0.4, -0.2) is 39.5 Å². The van der Waals surface area contributed by atoms with Crippen molar-refractivity contribution in [3.05, 3.63) is 40.9 Å². The van der Waals surface area contributed by atoms with Crippen molar-refractivity contribution in [2.24, 2.45) is 0 Å². The van der Waals surface area contributed by atoms with E-state index in [1.54, 1.807) is 0 Å². The Morgan fingerprint density at radius 2 is 2.08 bits per heavy atom. The molecule has 1 aliphatic rings. The van der Waals surface area contributed by atoms with E-state index in [1.165, 1.54) is 21.8 Å². The van der Waals surface area contributed by atoms with Gasteiger partial charge in [-0.2, -0.15) is 0 Å². The Labute approximate surface area is 145 Å². The Morgan fingerprint density at radius 1 is 1.33 bits per heavy atom. The molecule has 0 unspecified atom stereocenters. The lowest BCUT2D eigenvalue weighted by atomic mass is 10.1. The highest BCUT2D eigenvalue weighted by Gasteiger charge is 2.33. The van der Waals surface area contributed by atoms with E-state index in [2.05, 4.69) is 24.0 Å². The molecule has 0 aliphatic carbocycles. The highest BCUT2D eigenvalue weighted by Crippen LogP contribution is 2.25. The molecule has 2 heterocycles. The van der Waals surface area contributed by atoms with Crippen molar-refractivity contribution in [1.82, 2.24) is 9.88 Å². The summed E-state index contributed by atoms with van der Waals surface area (Å²) in [5, 5.41) is 12.0. The van der Waals surface area contributed by atoms with Crippen molar-refractivity contribution in [2.75, 3.05) is 6.54 Å². The van der Waals surface area contributed by atoms with Gasteiger partial charge in [-0.15, -0.1) is 11.3 Å². The molecule has 0 saturated carbocycles. The minimum atomic E-state index is -0.921. The van der Waals surface area contributed by atoms with Gasteiger partial charge in [0, 0.05) is 17.5 Å². The van der Waals surface area contributed by atoms with Crippen LogP contribution in [0.1, 0.15) is 31.0 Å². The summed E-state index contributed by atoms with van der Waals surface area (Å²) in [5.41, 5.74) is 3.02. The molecule has 1 amide bonds. The van der Waals surface area contributed by atoms with Gasteiger partial charge in [-0.25, -0.2) is 9.78 Å². The van der Waals surface area contributed by atoms with Gasteiger partial charge in [0.2, 0.25) is 5.91 Å². The van der Waals surface area contributed by atoms with Crippen LogP contribution in [0.4, 0.5) is 0 Å². The van der Waals surface area contributed by atoms with Crippen LogP contribution >= 0.6 is 11.3 Å². The van der Waals surface area contributed by atoms with Crippen molar-refractivity contribution in [3.63, 3.8) is 0 Å². The molecule has 0 bridgehead atoms. The summed E-state index contributed by atoms with van der Waals surface area (Å²) in [6.45, 7) is 2.64. The fourth-order valence-corrected chi connectivity index (χ4v) is 3.81. The van der Waals surface area contributed by atoms with E-state index in [-0.39, 0.29) is 12.3 Å². The molecule has 0 spiro atoms. The van der Waals surface area contributed by atoms with Gasteiger partial charge in [0.15, 0.2) is 0 Å². The standard InChI is InChI=1S/C18H20N2O3S/c1-2-12-5-7-13(8-6-12)17-19-14(11-24-17)10-16(21)20-9-3-4-15(20)18(22)23/h5-8,11,15H,2-4,9-10H2,1H3,(H,22,23)/t15-/m0/s1. The molecule has 1 N–H and O–H groups in total. The molecule has 1 saturated heterocycles. The van der Waals surface area contributed by atoms with Crippen LogP contribution in [0.25, 0.3) is 10.6 Å². The second kappa shape index (κ2) is 7.13. The van der Waals surface area contributed by atoms with Gasteiger partial charge in [0.25, 0.3) is 0 Å². The largest absolute Gasteiger partial charge is 0.480 e. The van der Waals surface area contributed by atoms with Crippen LogP contribution in [0.15, 0.2) is 29.6 Å². The summed E-state index contributed by atoms with van der Waals surface area (Å²) in [4.78, 5) is 29.6. The number of benzene rings is 1. The Kier molecular flexibility index (Phi) is 4.94. The molecule has 0 radical (unpaired) electrons. The molecular weight excluding hydrogens is 324 g/mol. The quantitative estimate of drug-likeness (QED) is 0.905. The topological polar surface area (TPSA) is 70.5 Å². The van der Waals surface area contributed by atoms with Gasteiger partial charge in [-0.1, -0.05) is 31.2 Å². The number of aliphatic carboxylic acids is 1. The normalized spacial score (nSPS) is 17.2. The number of hydrogen-bond acceptors (Lipinski definition) is 4. The van der Waals surface area contributed by atoms with Gasteiger partial charge in [-0.3, -0.25) is 4.79 Å². The number of carbonyl (C=O) groups excluding carboxylic acids is 1. The molecule has 5 nitrogen and oxygen atoms in total. The lowest BCUT2D eigenvalue weighted by Gasteiger charge is -2.20. The fraction of sp³-hybridized carbons (Fsp3) is 0.389. The molecule has 126 valence electrons. The second-order valence-corrected chi connectivity index (χ2v) is 6.81. The molecule has 1 aromatic heterocycles.